The Morgan fingerprint density at radius 1 is 1.37 bits per heavy atom. The first-order chi connectivity index (χ1) is 8.97. The first kappa shape index (κ1) is 14.3. The fourth-order valence-electron chi connectivity index (χ4n) is 2.23. The van der Waals surface area contributed by atoms with Gasteiger partial charge in [0.15, 0.2) is 0 Å². The van der Waals surface area contributed by atoms with Crippen molar-refractivity contribution >= 4 is 0 Å². The van der Waals surface area contributed by atoms with Crippen LogP contribution in [0.15, 0.2) is 24.3 Å². The van der Waals surface area contributed by atoms with Crippen molar-refractivity contribution in [2.75, 3.05) is 13.1 Å². The third-order valence-corrected chi connectivity index (χ3v) is 3.48. The minimum Gasteiger partial charge on any atom is -0.372 e. The average molecular weight is 273 g/mol. The van der Waals surface area contributed by atoms with Crippen molar-refractivity contribution in [1.82, 2.24) is 5.32 Å². The second kappa shape index (κ2) is 5.92. The van der Waals surface area contributed by atoms with Crippen LogP contribution < -0.4 is 5.32 Å². The van der Waals surface area contributed by atoms with E-state index in [1.54, 1.807) is 6.07 Å². The molecule has 1 aromatic carbocycles. The first-order valence-corrected chi connectivity index (χ1v) is 6.45. The molecule has 1 aromatic rings. The minimum absolute atomic E-state index is 0.0725. The van der Waals surface area contributed by atoms with Crippen molar-refractivity contribution in [3.05, 3.63) is 35.4 Å². The number of hydrogen-bond donors (Lipinski definition) is 1. The number of rotatable bonds is 3. The van der Waals surface area contributed by atoms with Crippen LogP contribution in [0.4, 0.5) is 13.2 Å². The quantitative estimate of drug-likeness (QED) is 0.913. The molecule has 0 aliphatic carbocycles. The van der Waals surface area contributed by atoms with Crippen LogP contribution in [-0.4, -0.2) is 19.2 Å². The summed E-state index contributed by atoms with van der Waals surface area (Å²) in [5, 5.41) is 3.23. The summed E-state index contributed by atoms with van der Waals surface area (Å²) in [6, 6.07) is 5.31. The zero-order valence-corrected chi connectivity index (χ0v) is 10.8. The van der Waals surface area contributed by atoms with E-state index in [1.165, 1.54) is 6.07 Å². The molecule has 2 atom stereocenters. The maximum atomic E-state index is 12.6. The fourth-order valence-corrected chi connectivity index (χ4v) is 2.23. The highest BCUT2D eigenvalue weighted by Crippen LogP contribution is 2.29. The van der Waals surface area contributed by atoms with Gasteiger partial charge >= 0.3 is 6.18 Å². The number of hydrogen-bond acceptors (Lipinski definition) is 2. The van der Waals surface area contributed by atoms with Crippen LogP contribution in [0.5, 0.6) is 0 Å². The fraction of sp³-hybridized carbons (Fsp3) is 0.571. The molecular weight excluding hydrogens is 255 g/mol. The summed E-state index contributed by atoms with van der Waals surface area (Å²) in [4.78, 5) is 0. The number of alkyl halides is 3. The predicted octanol–water partition coefficient (Wildman–Crippen LogP) is 3.22. The Kier molecular flexibility index (Phi) is 4.47. The van der Waals surface area contributed by atoms with Gasteiger partial charge in [0.25, 0.3) is 0 Å². The molecule has 2 rings (SSSR count). The van der Waals surface area contributed by atoms with Crippen LogP contribution in [0.25, 0.3) is 0 Å². The lowest BCUT2D eigenvalue weighted by Crippen LogP contribution is -2.40. The summed E-state index contributed by atoms with van der Waals surface area (Å²) < 4.78 is 43.4. The Hall–Kier alpha value is -1.07. The van der Waals surface area contributed by atoms with Gasteiger partial charge in [-0.05, 0) is 36.6 Å². The summed E-state index contributed by atoms with van der Waals surface area (Å²) in [5.74, 6) is 0.437. The molecule has 106 valence electrons. The molecule has 1 aliphatic heterocycles. The van der Waals surface area contributed by atoms with Crippen LogP contribution in [0.3, 0.4) is 0 Å². The van der Waals surface area contributed by atoms with Crippen molar-refractivity contribution in [3.63, 3.8) is 0 Å². The van der Waals surface area contributed by atoms with Gasteiger partial charge in [0.2, 0.25) is 0 Å². The molecule has 1 saturated heterocycles. The van der Waals surface area contributed by atoms with E-state index >= 15 is 0 Å². The third-order valence-electron chi connectivity index (χ3n) is 3.48. The molecule has 1 fully saturated rings. The van der Waals surface area contributed by atoms with Crippen LogP contribution >= 0.6 is 0 Å². The zero-order chi connectivity index (χ0) is 13.9. The normalized spacial score (nSPS) is 24.4. The molecule has 2 nitrogen and oxygen atoms in total. The van der Waals surface area contributed by atoms with Crippen molar-refractivity contribution in [3.8, 4) is 0 Å². The highest BCUT2D eigenvalue weighted by atomic mass is 19.4. The van der Waals surface area contributed by atoms with Gasteiger partial charge in [0, 0.05) is 6.54 Å². The highest BCUT2D eigenvalue weighted by molar-refractivity contribution is 5.25. The minimum atomic E-state index is -4.30. The summed E-state index contributed by atoms with van der Waals surface area (Å²) >= 11 is 0. The molecule has 19 heavy (non-hydrogen) atoms. The summed E-state index contributed by atoms with van der Waals surface area (Å²) in [7, 11) is 0. The second-order valence-corrected chi connectivity index (χ2v) is 5.02. The van der Waals surface area contributed by atoms with Crippen LogP contribution in [0.2, 0.25) is 0 Å². The molecular formula is C14H18F3NO. The van der Waals surface area contributed by atoms with Crippen molar-refractivity contribution in [2.45, 2.75) is 32.2 Å². The van der Waals surface area contributed by atoms with E-state index in [0.717, 1.165) is 31.6 Å². The zero-order valence-electron chi connectivity index (χ0n) is 10.8. The average Bonchev–Trinajstić information content (AvgIpc) is 2.37. The first-order valence-electron chi connectivity index (χ1n) is 6.45. The van der Waals surface area contributed by atoms with Gasteiger partial charge in [0.05, 0.1) is 18.3 Å². The van der Waals surface area contributed by atoms with Crippen molar-refractivity contribution in [1.29, 1.82) is 0 Å². The van der Waals surface area contributed by atoms with E-state index in [-0.39, 0.29) is 12.7 Å². The Balaban J connectivity index is 1.96. The topological polar surface area (TPSA) is 21.3 Å². The molecule has 1 aliphatic rings. The van der Waals surface area contributed by atoms with Gasteiger partial charge in [-0.1, -0.05) is 19.1 Å². The van der Waals surface area contributed by atoms with Crippen LogP contribution in [-0.2, 0) is 17.5 Å². The molecule has 0 spiro atoms. The van der Waals surface area contributed by atoms with Gasteiger partial charge in [-0.15, -0.1) is 0 Å². The number of halogens is 3. The third kappa shape index (κ3) is 3.94. The monoisotopic (exact) mass is 273 g/mol. The van der Waals surface area contributed by atoms with Gasteiger partial charge in [-0.3, -0.25) is 0 Å². The molecule has 5 heteroatoms. The highest BCUT2D eigenvalue weighted by Gasteiger charge is 2.30. The van der Waals surface area contributed by atoms with Gasteiger partial charge < -0.3 is 10.1 Å². The smallest absolute Gasteiger partial charge is 0.372 e. The SMILES string of the molecule is CC1CCNCC1OCc1cccc(C(F)(F)F)c1. The Morgan fingerprint density at radius 2 is 2.16 bits per heavy atom. The molecule has 0 aromatic heterocycles. The second-order valence-electron chi connectivity index (χ2n) is 5.02. The lowest BCUT2D eigenvalue weighted by molar-refractivity contribution is -0.137. The largest absolute Gasteiger partial charge is 0.416 e. The molecule has 0 bridgehead atoms. The number of ether oxygens (including phenoxy) is 1. The van der Waals surface area contributed by atoms with E-state index in [9.17, 15) is 13.2 Å². The number of nitrogens with one attached hydrogen (secondary N) is 1. The lowest BCUT2D eigenvalue weighted by Gasteiger charge is -2.29. The Bertz CT molecular complexity index is 419. The van der Waals surface area contributed by atoms with E-state index in [2.05, 4.69) is 12.2 Å². The van der Waals surface area contributed by atoms with Crippen LogP contribution in [0, 0.1) is 5.92 Å². The molecule has 0 amide bonds. The summed E-state index contributed by atoms with van der Waals surface area (Å²) in [6.07, 6.45) is -3.19. The standard InChI is InChI=1S/C14H18F3NO/c1-10-5-6-18-8-13(10)19-9-11-3-2-4-12(7-11)14(15,16)17/h2-4,7,10,13,18H,5-6,8-9H2,1H3. The molecule has 0 radical (unpaired) electrons. The lowest BCUT2D eigenvalue weighted by atomic mass is 9.97. The Labute approximate surface area is 111 Å². The number of piperidine rings is 1. The van der Waals surface area contributed by atoms with Gasteiger partial charge in [-0.2, -0.15) is 13.2 Å². The summed E-state index contributed by atoms with van der Waals surface area (Å²) in [5.41, 5.74) is -0.0592. The van der Waals surface area contributed by atoms with E-state index in [0.29, 0.717) is 11.5 Å². The van der Waals surface area contributed by atoms with Gasteiger partial charge in [-0.25, -0.2) is 0 Å². The molecule has 2 unspecified atom stereocenters. The van der Waals surface area contributed by atoms with Crippen molar-refractivity contribution < 1.29 is 17.9 Å². The van der Waals surface area contributed by atoms with Crippen LogP contribution in [0.1, 0.15) is 24.5 Å². The summed E-state index contributed by atoms with van der Waals surface area (Å²) in [6.45, 7) is 4.07. The molecule has 0 saturated carbocycles. The Morgan fingerprint density at radius 3 is 2.84 bits per heavy atom. The van der Waals surface area contributed by atoms with Gasteiger partial charge in [0.1, 0.15) is 0 Å². The van der Waals surface area contributed by atoms with E-state index in [1.807, 2.05) is 0 Å². The van der Waals surface area contributed by atoms with Crippen molar-refractivity contribution in [2.24, 2.45) is 5.92 Å². The predicted molar refractivity (Wildman–Crippen MR) is 66.7 cm³/mol. The number of benzene rings is 1. The van der Waals surface area contributed by atoms with E-state index < -0.39 is 11.7 Å². The molecule has 1 N–H and O–H groups in total. The maximum absolute atomic E-state index is 12.6. The maximum Gasteiger partial charge on any atom is 0.416 e. The van der Waals surface area contributed by atoms with E-state index in [4.69, 9.17) is 4.74 Å². The molecule has 1 heterocycles.